The highest BCUT2D eigenvalue weighted by atomic mass is 16.8. The van der Waals surface area contributed by atoms with Gasteiger partial charge in [-0.2, -0.15) is 0 Å². The molecule has 0 spiro atoms. The van der Waals surface area contributed by atoms with E-state index in [0.717, 1.165) is 19.4 Å². The number of hydrogen-bond donors (Lipinski definition) is 1. The van der Waals surface area contributed by atoms with Gasteiger partial charge >= 0.3 is 23.9 Å². The van der Waals surface area contributed by atoms with E-state index in [-0.39, 0.29) is 6.61 Å². The number of aliphatic hydroxyl groups is 1. The van der Waals surface area contributed by atoms with Crippen molar-refractivity contribution in [2.45, 2.75) is 115 Å². The first-order chi connectivity index (χ1) is 21.3. The van der Waals surface area contributed by atoms with E-state index < -0.39 is 104 Å². The maximum absolute atomic E-state index is 12.4. The third kappa shape index (κ3) is 8.97. The van der Waals surface area contributed by atoms with Crippen LogP contribution >= 0.6 is 0 Å². The van der Waals surface area contributed by atoms with Gasteiger partial charge in [0.1, 0.15) is 37.1 Å². The summed E-state index contributed by atoms with van der Waals surface area (Å²) < 4.78 is 58.6. The van der Waals surface area contributed by atoms with Gasteiger partial charge in [-0.15, -0.1) is 0 Å². The van der Waals surface area contributed by atoms with Crippen LogP contribution in [0.4, 0.5) is 0 Å². The molecule has 3 aliphatic heterocycles. The van der Waals surface area contributed by atoms with Crippen molar-refractivity contribution in [1.82, 2.24) is 0 Å². The van der Waals surface area contributed by atoms with Crippen molar-refractivity contribution >= 4 is 23.9 Å². The Bertz CT molecular complexity index is 1190. The number of carbonyl (C=O) groups excluding carboxylic acids is 4. The predicted molar refractivity (Wildman–Crippen MR) is 148 cm³/mol. The molecule has 0 aromatic heterocycles. The third-order valence-electron chi connectivity index (χ3n) is 7.11. The highest BCUT2D eigenvalue weighted by Gasteiger charge is 2.59. The molecule has 3 aliphatic rings. The molecule has 1 aromatic rings. The zero-order valence-corrected chi connectivity index (χ0v) is 25.9. The number of carbonyl (C=O) groups is 4. The van der Waals surface area contributed by atoms with Crippen molar-refractivity contribution in [3.63, 3.8) is 0 Å². The van der Waals surface area contributed by atoms with Crippen LogP contribution < -0.4 is 0 Å². The Balaban J connectivity index is 1.71. The van der Waals surface area contributed by atoms with Crippen molar-refractivity contribution in [2.24, 2.45) is 0 Å². The quantitative estimate of drug-likeness (QED) is 0.266. The van der Waals surface area contributed by atoms with Crippen LogP contribution in [0.2, 0.25) is 0 Å². The minimum atomic E-state index is -1.45. The van der Waals surface area contributed by atoms with Gasteiger partial charge in [0.15, 0.2) is 36.7 Å². The second-order valence-electron chi connectivity index (χ2n) is 11.3. The average Bonchev–Trinajstić information content (AvgIpc) is 3.29. The number of aliphatic hydroxyl groups excluding tert-OH is 1. The molecule has 3 fully saturated rings. The van der Waals surface area contributed by atoms with E-state index in [1.807, 2.05) is 30.3 Å². The molecular formula is C30H40O15. The number of fused-ring (bicyclic) bond motifs is 1. The summed E-state index contributed by atoms with van der Waals surface area (Å²) in [6.07, 6.45) is -12.0. The van der Waals surface area contributed by atoms with Gasteiger partial charge in [0.2, 0.25) is 0 Å². The molecule has 0 radical (unpaired) electrons. The summed E-state index contributed by atoms with van der Waals surface area (Å²) in [6, 6.07) is 9.08. The van der Waals surface area contributed by atoms with Crippen LogP contribution in [0.1, 0.15) is 47.1 Å². The van der Waals surface area contributed by atoms with Crippen LogP contribution in [0.5, 0.6) is 0 Å². The molecule has 15 nitrogen and oxygen atoms in total. The standard InChI is InChI=1S/C30H40O15/c1-15(32)36-14-21-22(43-29-27(40-18(4)35)25-23(20(12-31)41-29)44-30(5,6)45-25)24(38-16(2)33)26(39-17(3)34)28(42-21)37-13-19-10-8-7-9-11-19/h7-11,20-29,31H,12-14H2,1-6H3/t20-,21-,22-,23+,24+,25+,26-,27-,28-,29+/m1/s1. The molecule has 3 heterocycles. The lowest BCUT2D eigenvalue weighted by molar-refractivity contribution is -0.356. The summed E-state index contributed by atoms with van der Waals surface area (Å²) in [5.74, 6) is -3.94. The molecule has 3 saturated heterocycles. The minimum absolute atomic E-state index is 0.0243. The molecule has 0 amide bonds. The first kappa shape index (κ1) is 34.7. The van der Waals surface area contributed by atoms with E-state index in [1.165, 1.54) is 13.8 Å². The average molecular weight is 641 g/mol. The SMILES string of the molecule is CC(=O)OC[C@H]1O[C@@H](OCc2ccccc2)[C@H](OC(C)=O)[C@@H](OC(C)=O)[C@@H]1O[C@@H]1O[C@H](CO)[C@@H]2OC(C)(C)O[C@@H]2[C@H]1OC(C)=O. The topological polar surface area (TPSA) is 181 Å². The monoisotopic (exact) mass is 640 g/mol. The number of esters is 4. The van der Waals surface area contributed by atoms with E-state index in [9.17, 15) is 24.3 Å². The van der Waals surface area contributed by atoms with Gasteiger partial charge in [-0.1, -0.05) is 30.3 Å². The number of rotatable bonds is 11. The fraction of sp³-hybridized carbons (Fsp3) is 0.667. The predicted octanol–water partition coefficient (Wildman–Crippen LogP) is 0.909. The van der Waals surface area contributed by atoms with Crippen LogP contribution in [-0.2, 0) is 73.2 Å². The van der Waals surface area contributed by atoms with Crippen LogP contribution in [0.15, 0.2) is 30.3 Å². The second-order valence-corrected chi connectivity index (χ2v) is 11.3. The first-order valence-corrected chi connectivity index (χ1v) is 14.5. The van der Waals surface area contributed by atoms with Gasteiger partial charge in [-0.3, -0.25) is 19.2 Å². The normalized spacial score (nSPS) is 33.8. The van der Waals surface area contributed by atoms with Crippen molar-refractivity contribution in [3.8, 4) is 0 Å². The molecule has 0 bridgehead atoms. The lowest BCUT2D eigenvalue weighted by Crippen LogP contribution is -2.66. The number of ether oxygens (including phenoxy) is 10. The van der Waals surface area contributed by atoms with Crippen LogP contribution in [0, 0.1) is 0 Å². The molecule has 1 aromatic carbocycles. The van der Waals surface area contributed by atoms with Gasteiger partial charge in [0.05, 0.1) is 13.2 Å². The van der Waals surface area contributed by atoms with Gasteiger partial charge in [-0.05, 0) is 19.4 Å². The summed E-state index contributed by atoms with van der Waals surface area (Å²) >= 11 is 0. The molecule has 4 rings (SSSR count). The van der Waals surface area contributed by atoms with Crippen LogP contribution in [0.25, 0.3) is 0 Å². The van der Waals surface area contributed by atoms with Crippen molar-refractivity contribution < 1.29 is 71.7 Å². The zero-order chi connectivity index (χ0) is 32.9. The molecule has 250 valence electrons. The molecule has 10 atom stereocenters. The molecular weight excluding hydrogens is 600 g/mol. The zero-order valence-electron chi connectivity index (χ0n) is 25.9. The number of hydrogen-bond acceptors (Lipinski definition) is 15. The van der Waals surface area contributed by atoms with E-state index in [2.05, 4.69) is 0 Å². The molecule has 0 unspecified atom stereocenters. The molecule has 1 N–H and O–H groups in total. The Labute approximate surface area is 260 Å². The van der Waals surface area contributed by atoms with Gasteiger partial charge in [-0.25, -0.2) is 0 Å². The highest BCUT2D eigenvalue weighted by molar-refractivity contribution is 5.68. The first-order valence-electron chi connectivity index (χ1n) is 14.5. The highest BCUT2D eigenvalue weighted by Crippen LogP contribution is 2.40. The van der Waals surface area contributed by atoms with Crippen molar-refractivity contribution in [2.75, 3.05) is 13.2 Å². The summed E-state index contributed by atoms with van der Waals surface area (Å²) in [4.78, 5) is 48.7. The summed E-state index contributed by atoms with van der Waals surface area (Å²) in [5, 5.41) is 10.1. The fourth-order valence-corrected chi connectivity index (χ4v) is 5.47. The smallest absolute Gasteiger partial charge is 0.303 e. The maximum Gasteiger partial charge on any atom is 0.303 e. The van der Waals surface area contributed by atoms with Crippen LogP contribution in [0.3, 0.4) is 0 Å². The Hall–Kier alpha value is -3.18. The fourth-order valence-electron chi connectivity index (χ4n) is 5.47. The molecule has 45 heavy (non-hydrogen) atoms. The van der Waals surface area contributed by atoms with E-state index in [0.29, 0.717) is 0 Å². The van der Waals surface area contributed by atoms with E-state index in [4.69, 9.17) is 47.4 Å². The summed E-state index contributed by atoms with van der Waals surface area (Å²) in [7, 11) is 0. The minimum Gasteiger partial charge on any atom is -0.463 e. The summed E-state index contributed by atoms with van der Waals surface area (Å²) in [6.45, 7) is 7.11. The summed E-state index contributed by atoms with van der Waals surface area (Å²) in [5.41, 5.74) is 0.771. The molecule has 15 heteroatoms. The Kier molecular flexibility index (Phi) is 11.5. The van der Waals surface area contributed by atoms with Crippen molar-refractivity contribution in [3.05, 3.63) is 35.9 Å². The maximum atomic E-state index is 12.4. The molecule has 0 saturated carbocycles. The van der Waals surface area contributed by atoms with E-state index in [1.54, 1.807) is 13.8 Å². The lowest BCUT2D eigenvalue weighted by atomic mass is 9.96. The van der Waals surface area contributed by atoms with Gasteiger partial charge in [0.25, 0.3) is 0 Å². The Morgan fingerprint density at radius 2 is 1.31 bits per heavy atom. The van der Waals surface area contributed by atoms with E-state index >= 15 is 0 Å². The third-order valence-corrected chi connectivity index (χ3v) is 7.11. The van der Waals surface area contributed by atoms with Crippen LogP contribution in [-0.4, -0.2) is 109 Å². The second kappa shape index (κ2) is 14.9. The Morgan fingerprint density at radius 1 is 0.733 bits per heavy atom. The van der Waals surface area contributed by atoms with Gasteiger partial charge in [0, 0.05) is 27.7 Å². The van der Waals surface area contributed by atoms with Gasteiger partial charge < -0.3 is 52.5 Å². The Morgan fingerprint density at radius 3 is 1.91 bits per heavy atom. The lowest BCUT2D eigenvalue weighted by Gasteiger charge is -2.47. The van der Waals surface area contributed by atoms with Crippen molar-refractivity contribution in [1.29, 1.82) is 0 Å². The molecule has 0 aliphatic carbocycles. The number of benzene rings is 1. The largest absolute Gasteiger partial charge is 0.463 e.